The van der Waals surface area contributed by atoms with E-state index in [-0.39, 0.29) is 31.8 Å². The summed E-state index contributed by atoms with van der Waals surface area (Å²) in [6.45, 7) is -0.227. The molecule has 12 atom stereocenters. The van der Waals surface area contributed by atoms with Crippen LogP contribution in [0.25, 0.3) is 0 Å². The van der Waals surface area contributed by atoms with E-state index in [4.69, 9.17) is 14.2 Å². The average molecular weight is 450 g/mol. The van der Waals surface area contributed by atoms with Crippen molar-refractivity contribution in [3.05, 3.63) is 0 Å². The maximum atomic E-state index is 10.5. The van der Waals surface area contributed by atoms with E-state index in [0.717, 1.165) is 0 Å². The van der Waals surface area contributed by atoms with Gasteiger partial charge in [0.15, 0.2) is 6.29 Å². The van der Waals surface area contributed by atoms with Gasteiger partial charge in [0.2, 0.25) is 0 Å². The van der Waals surface area contributed by atoms with E-state index in [1.54, 1.807) is 0 Å². The molecule has 0 aromatic heterocycles. The Bertz CT molecular complexity index is 596. The number of fused-ring (bicyclic) bond motifs is 1. The Morgan fingerprint density at radius 1 is 0.645 bits per heavy atom. The lowest BCUT2D eigenvalue weighted by atomic mass is 9.72. The molecule has 2 aliphatic carbocycles. The molecule has 11 heteroatoms. The Morgan fingerprint density at radius 2 is 1.32 bits per heavy atom. The molecule has 0 radical (unpaired) electrons. The monoisotopic (exact) mass is 450 g/mol. The number of ether oxygens (including phenoxy) is 3. The van der Waals surface area contributed by atoms with Gasteiger partial charge in [-0.3, -0.25) is 0 Å². The molecule has 0 amide bonds. The van der Waals surface area contributed by atoms with Gasteiger partial charge >= 0.3 is 0 Å². The van der Waals surface area contributed by atoms with Crippen LogP contribution in [0, 0.1) is 11.8 Å². The molecule has 0 spiro atoms. The van der Waals surface area contributed by atoms with Crippen LogP contribution in [0.5, 0.6) is 0 Å². The van der Waals surface area contributed by atoms with Crippen molar-refractivity contribution < 1.29 is 55.1 Å². The van der Waals surface area contributed by atoms with Crippen molar-refractivity contribution in [3.63, 3.8) is 0 Å². The first-order valence-electron chi connectivity index (χ1n) is 11.0. The minimum Gasteiger partial charge on any atom is -0.393 e. The molecule has 2 aliphatic heterocycles. The van der Waals surface area contributed by atoms with Crippen molar-refractivity contribution in [2.45, 2.75) is 106 Å². The van der Waals surface area contributed by atoms with Crippen LogP contribution in [-0.4, -0.2) is 121 Å². The van der Waals surface area contributed by atoms with Crippen molar-refractivity contribution in [1.82, 2.24) is 0 Å². The van der Waals surface area contributed by atoms with E-state index in [2.05, 4.69) is 0 Å². The van der Waals surface area contributed by atoms with Gasteiger partial charge in [-0.15, -0.1) is 0 Å². The van der Waals surface area contributed by atoms with Crippen LogP contribution in [-0.2, 0) is 14.2 Å². The molecule has 8 N–H and O–H groups in total. The van der Waals surface area contributed by atoms with Gasteiger partial charge in [0.05, 0.1) is 49.3 Å². The third-order valence-electron chi connectivity index (χ3n) is 7.30. The molecular formula is C20H34O11. The zero-order valence-electron chi connectivity index (χ0n) is 17.1. The maximum absolute atomic E-state index is 10.5. The molecule has 4 rings (SSSR count). The van der Waals surface area contributed by atoms with Crippen LogP contribution in [0.4, 0.5) is 0 Å². The molecule has 8 unspecified atom stereocenters. The van der Waals surface area contributed by atoms with E-state index in [1.165, 1.54) is 0 Å². The van der Waals surface area contributed by atoms with Gasteiger partial charge in [-0.05, 0) is 38.0 Å². The second-order valence-electron chi connectivity index (χ2n) is 9.51. The quantitative estimate of drug-likeness (QED) is 0.214. The number of hydrogen-bond acceptors (Lipinski definition) is 11. The average Bonchev–Trinajstić information content (AvgIpc) is 2.72. The Hall–Kier alpha value is -0.440. The lowest BCUT2D eigenvalue weighted by Crippen LogP contribution is -2.60. The second kappa shape index (κ2) is 9.43. The SMILES string of the molecule is OC1CC(O)C2CC(O[C@H]3OC[C@@H](O)[C@@H](O)[C@@H]3O)C(C3CC(O)C(O)C(O)C3)OC2C1. The van der Waals surface area contributed by atoms with Crippen molar-refractivity contribution >= 4 is 0 Å². The Morgan fingerprint density at radius 3 is 2.00 bits per heavy atom. The fraction of sp³-hybridized carbons (Fsp3) is 1.00. The first-order chi connectivity index (χ1) is 14.7. The fourth-order valence-corrected chi connectivity index (χ4v) is 5.54. The maximum Gasteiger partial charge on any atom is 0.186 e. The standard InChI is InChI=1S/C20H34O11/c21-8-3-10(22)9-5-15(31-20-18(28)17(27)13(25)6-29-20)19(30-14(9)4-8)7-1-11(23)16(26)12(24)2-7/h7-28H,1-6H2/t7?,8?,9?,10?,11?,12?,13-,14?,15?,16?,17-,18+,19?,20-/m1/s1. The van der Waals surface area contributed by atoms with Crippen molar-refractivity contribution in [2.75, 3.05) is 6.61 Å². The Balaban J connectivity index is 1.54. The summed E-state index contributed by atoms with van der Waals surface area (Å²) in [6, 6.07) is 0. The van der Waals surface area contributed by atoms with Crippen molar-refractivity contribution in [3.8, 4) is 0 Å². The molecular weight excluding hydrogens is 416 g/mol. The molecule has 0 aromatic carbocycles. The number of rotatable bonds is 3. The van der Waals surface area contributed by atoms with Crippen LogP contribution < -0.4 is 0 Å². The van der Waals surface area contributed by atoms with Crippen molar-refractivity contribution in [2.24, 2.45) is 11.8 Å². The summed E-state index contributed by atoms with van der Waals surface area (Å²) in [5.41, 5.74) is 0. The number of hydrogen-bond donors (Lipinski definition) is 8. The first-order valence-corrected chi connectivity index (χ1v) is 11.0. The summed E-state index contributed by atoms with van der Waals surface area (Å²) in [6.07, 6.45) is -11.2. The predicted molar refractivity (Wildman–Crippen MR) is 101 cm³/mol. The second-order valence-corrected chi connectivity index (χ2v) is 9.51. The van der Waals surface area contributed by atoms with E-state index >= 15 is 0 Å². The normalized spacial score (nSPS) is 56.1. The number of aliphatic hydroxyl groups excluding tert-OH is 8. The van der Waals surface area contributed by atoms with Gasteiger partial charge in [-0.1, -0.05) is 0 Å². The van der Waals surface area contributed by atoms with Gasteiger partial charge in [-0.2, -0.15) is 0 Å². The lowest BCUT2D eigenvalue weighted by molar-refractivity contribution is -0.314. The summed E-state index contributed by atoms with van der Waals surface area (Å²) < 4.78 is 17.6. The summed E-state index contributed by atoms with van der Waals surface area (Å²) in [5.74, 6) is -0.725. The molecule has 0 aromatic rings. The van der Waals surface area contributed by atoms with Crippen LogP contribution in [0.3, 0.4) is 0 Å². The lowest BCUT2D eigenvalue weighted by Gasteiger charge is -2.51. The highest BCUT2D eigenvalue weighted by atomic mass is 16.7. The topological polar surface area (TPSA) is 190 Å². The van der Waals surface area contributed by atoms with Gasteiger partial charge in [0.25, 0.3) is 0 Å². The van der Waals surface area contributed by atoms with E-state index in [1.807, 2.05) is 0 Å². The van der Waals surface area contributed by atoms with Crippen LogP contribution >= 0.6 is 0 Å². The summed E-state index contributed by atoms with van der Waals surface area (Å²) in [7, 11) is 0. The Labute approximate surface area is 179 Å². The highest BCUT2D eigenvalue weighted by Crippen LogP contribution is 2.43. The van der Waals surface area contributed by atoms with E-state index < -0.39 is 79.4 Å². The van der Waals surface area contributed by atoms with Crippen LogP contribution in [0.1, 0.15) is 32.1 Å². The minimum atomic E-state index is -1.50. The predicted octanol–water partition coefficient (Wildman–Crippen LogP) is -3.41. The molecule has 11 nitrogen and oxygen atoms in total. The van der Waals surface area contributed by atoms with E-state index in [9.17, 15) is 40.9 Å². The summed E-state index contributed by atoms with van der Waals surface area (Å²) in [5, 5.41) is 80.7. The van der Waals surface area contributed by atoms with Gasteiger partial charge in [0, 0.05) is 5.92 Å². The summed E-state index contributed by atoms with van der Waals surface area (Å²) in [4.78, 5) is 0. The molecule has 31 heavy (non-hydrogen) atoms. The highest BCUT2D eigenvalue weighted by molar-refractivity contribution is 4.99. The Kier molecular flexibility index (Phi) is 7.21. The van der Waals surface area contributed by atoms with Crippen LogP contribution in [0.2, 0.25) is 0 Å². The molecule has 2 heterocycles. The van der Waals surface area contributed by atoms with E-state index in [0.29, 0.717) is 12.8 Å². The third kappa shape index (κ3) is 4.78. The number of aliphatic hydroxyl groups is 8. The van der Waals surface area contributed by atoms with Gasteiger partial charge in [-0.25, -0.2) is 0 Å². The molecule has 0 bridgehead atoms. The largest absolute Gasteiger partial charge is 0.393 e. The summed E-state index contributed by atoms with van der Waals surface area (Å²) >= 11 is 0. The highest BCUT2D eigenvalue weighted by Gasteiger charge is 2.51. The molecule has 4 fully saturated rings. The molecule has 4 aliphatic rings. The van der Waals surface area contributed by atoms with Gasteiger partial charge < -0.3 is 55.1 Å². The zero-order chi connectivity index (χ0) is 22.4. The smallest absolute Gasteiger partial charge is 0.186 e. The minimum absolute atomic E-state index is 0.153. The fourth-order valence-electron chi connectivity index (χ4n) is 5.54. The van der Waals surface area contributed by atoms with Gasteiger partial charge in [0.1, 0.15) is 24.4 Å². The molecule has 180 valence electrons. The van der Waals surface area contributed by atoms with Crippen LogP contribution in [0.15, 0.2) is 0 Å². The van der Waals surface area contributed by atoms with Crippen molar-refractivity contribution in [1.29, 1.82) is 0 Å². The molecule has 2 saturated heterocycles. The first kappa shape index (κ1) is 23.7. The third-order valence-corrected chi connectivity index (χ3v) is 7.30. The zero-order valence-corrected chi connectivity index (χ0v) is 17.1. The molecule has 2 saturated carbocycles.